The summed E-state index contributed by atoms with van der Waals surface area (Å²) in [4.78, 5) is 4.99. The number of hydrogen-bond acceptors (Lipinski definition) is 3. The first-order valence-electron chi connectivity index (χ1n) is 11.6. The molecule has 1 N–H and O–H groups in total. The van der Waals surface area contributed by atoms with Crippen molar-refractivity contribution in [3.05, 3.63) is 24.0 Å². The molecular formula is C25H41F2N3S. The summed E-state index contributed by atoms with van der Waals surface area (Å²) in [6.45, 7) is 17.5. The fourth-order valence-electron chi connectivity index (χ4n) is 3.66. The SMILES string of the molecule is CCC(CCn1c(C(C)(C)C)nc2cc(NSC(C)(C)C)ccc21)CCC(F)(F)CC. The van der Waals surface area contributed by atoms with Crippen molar-refractivity contribution in [1.29, 1.82) is 0 Å². The lowest BCUT2D eigenvalue weighted by Gasteiger charge is -2.23. The van der Waals surface area contributed by atoms with Crippen LogP contribution in [0.4, 0.5) is 14.5 Å². The van der Waals surface area contributed by atoms with Gasteiger partial charge in [0.15, 0.2) is 0 Å². The predicted octanol–water partition coefficient (Wildman–Crippen LogP) is 8.43. The second-order valence-electron chi connectivity index (χ2n) is 10.7. The van der Waals surface area contributed by atoms with Gasteiger partial charge in [0.25, 0.3) is 0 Å². The highest BCUT2D eigenvalue weighted by atomic mass is 32.2. The number of aryl methyl sites for hydroxylation is 1. The number of anilines is 1. The van der Waals surface area contributed by atoms with Crippen LogP contribution in [0.2, 0.25) is 0 Å². The first-order valence-corrected chi connectivity index (χ1v) is 12.4. The van der Waals surface area contributed by atoms with Crippen molar-refractivity contribution < 1.29 is 8.78 Å². The Bertz CT molecular complexity index is 847. The highest BCUT2D eigenvalue weighted by molar-refractivity contribution is 8.01. The van der Waals surface area contributed by atoms with Crippen LogP contribution in [-0.4, -0.2) is 20.2 Å². The summed E-state index contributed by atoms with van der Waals surface area (Å²) in [5.41, 5.74) is 3.05. The molecule has 1 atom stereocenters. The maximum Gasteiger partial charge on any atom is 0.247 e. The van der Waals surface area contributed by atoms with E-state index in [0.717, 1.165) is 41.9 Å². The third-order valence-corrected chi connectivity index (χ3v) is 6.62. The van der Waals surface area contributed by atoms with E-state index in [4.69, 9.17) is 4.98 Å². The Labute approximate surface area is 191 Å². The van der Waals surface area contributed by atoms with Crippen LogP contribution in [0.25, 0.3) is 11.0 Å². The number of fused-ring (bicyclic) bond motifs is 1. The van der Waals surface area contributed by atoms with E-state index in [0.29, 0.717) is 12.3 Å². The number of rotatable bonds is 10. The molecule has 2 rings (SSSR count). The molecule has 0 aliphatic heterocycles. The second-order valence-corrected chi connectivity index (χ2v) is 12.3. The van der Waals surface area contributed by atoms with Gasteiger partial charge in [0, 0.05) is 35.2 Å². The van der Waals surface area contributed by atoms with E-state index in [1.165, 1.54) is 0 Å². The Hall–Kier alpha value is -1.30. The van der Waals surface area contributed by atoms with Crippen LogP contribution in [0, 0.1) is 5.92 Å². The molecule has 1 aromatic carbocycles. The van der Waals surface area contributed by atoms with Crippen LogP contribution in [0.15, 0.2) is 18.2 Å². The molecule has 1 unspecified atom stereocenters. The van der Waals surface area contributed by atoms with Gasteiger partial charge >= 0.3 is 0 Å². The van der Waals surface area contributed by atoms with E-state index >= 15 is 0 Å². The molecule has 176 valence electrons. The summed E-state index contributed by atoms with van der Waals surface area (Å²) < 4.78 is 33.3. The van der Waals surface area contributed by atoms with Crippen LogP contribution in [-0.2, 0) is 12.0 Å². The van der Waals surface area contributed by atoms with Crippen molar-refractivity contribution in [2.75, 3.05) is 4.72 Å². The fraction of sp³-hybridized carbons (Fsp3) is 0.720. The van der Waals surface area contributed by atoms with Gasteiger partial charge in [-0.15, -0.1) is 0 Å². The van der Waals surface area contributed by atoms with Gasteiger partial charge in [0.2, 0.25) is 5.92 Å². The van der Waals surface area contributed by atoms with Crippen molar-refractivity contribution in [3.63, 3.8) is 0 Å². The zero-order valence-corrected chi connectivity index (χ0v) is 21.4. The molecule has 0 aliphatic carbocycles. The van der Waals surface area contributed by atoms with Gasteiger partial charge in [-0.2, -0.15) is 0 Å². The van der Waals surface area contributed by atoms with E-state index in [1.54, 1.807) is 18.9 Å². The van der Waals surface area contributed by atoms with Gasteiger partial charge in [-0.1, -0.05) is 41.0 Å². The van der Waals surface area contributed by atoms with Crippen molar-refractivity contribution in [2.45, 2.75) is 110 Å². The maximum absolute atomic E-state index is 13.7. The number of nitrogens with one attached hydrogen (secondary N) is 1. The molecule has 0 aliphatic rings. The Kier molecular flexibility index (Phi) is 8.45. The minimum atomic E-state index is -2.54. The number of alkyl halides is 2. The van der Waals surface area contributed by atoms with Crippen molar-refractivity contribution in [2.24, 2.45) is 5.92 Å². The van der Waals surface area contributed by atoms with E-state index < -0.39 is 5.92 Å². The number of nitrogens with zero attached hydrogens (tertiary/aromatic N) is 2. The third-order valence-electron chi connectivity index (χ3n) is 5.67. The van der Waals surface area contributed by atoms with Crippen LogP contribution < -0.4 is 4.72 Å². The molecule has 2 aromatic rings. The van der Waals surface area contributed by atoms with Gasteiger partial charge in [0.1, 0.15) is 5.82 Å². The topological polar surface area (TPSA) is 29.9 Å². The quantitative estimate of drug-likeness (QED) is 0.366. The molecule has 0 radical (unpaired) electrons. The predicted molar refractivity (Wildman–Crippen MR) is 132 cm³/mol. The fourth-order valence-corrected chi connectivity index (χ4v) is 4.21. The van der Waals surface area contributed by atoms with Crippen LogP contribution in [0.5, 0.6) is 0 Å². The van der Waals surface area contributed by atoms with E-state index in [9.17, 15) is 8.78 Å². The van der Waals surface area contributed by atoms with Crippen molar-refractivity contribution in [3.8, 4) is 0 Å². The molecule has 3 nitrogen and oxygen atoms in total. The first-order chi connectivity index (χ1) is 14.3. The Morgan fingerprint density at radius 1 is 1.06 bits per heavy atom. The van der Waals surface area contributed by atoms with E-state index in [2.05, 4.69) is 76.0 Å². The Balaban J connectivity index is 2.24. The standard InChI is InChI=1S/C25H41F2N3S/c1-9-18(13-15-25(26,27)10-2)14-16-30-21-12-11-19(29-31-24(6,7)8)17-20(21)28-22(30)23(3,4)5/h11-12,17-18,29H,9-10,13-16H2,1-8H3. The summed E-state index contributed by atoms with van der Waals surface area (Å²) in [6.07, 6.45) is 2.31. The largest absolute Gasteiger partial charge is 0.329 e. The molecule has 6 heteroatoms. The van der Waals surface area contributed by atoms with Gasteiger partial charge in [-0.25, -0.2) is 13.8 Å². The summed E-state index contributed by atoms with van der Waals surface area (Å²) in [6, 6.07) is 6.35. The number of halogens is 2. The molecule has 0 saturated heterocycles. The molecule has 0 bridgehead atoms. The highest BCUT2D eigenvalue weighted by Gasteiger charge is 2.27. The lowest BCUT2D eigenvalue weighted by molar-refractivity contribution is -0.0175. The minimum Gasteiger partial charge on any atom is -0.329 e. The average molecular weight is 454 g/mol. The van der Waals surface area contributed by atoms with E-state index in [1.807, 2.05) is 0 Å². The summed E-state index contributed by atoms with van der Waals surface area (Å²) in [5.74, 6) is -1.19. The lowest BCUT2D eigenvalue weighted by atomic mass is 9.93. The second kappa shape index (κ2) is 10.1. The van der Waals surface area contributed by atoms with Gasteiger partial charge in [-0.3, -0.25) is 0 Å². The molecule has 1 aromatic heterocycles. The number of aromatic nitrogens is 2. The molecule has 31 heavy (non-hydrogen) atoms. The number of hydrogen-bond donors (Lipinski definition) is 1. The third kappa shape index (κ3) is 7.65. The monoisotopic (exact) mass is 453 g/mol. The number of benzene rings is 1. The van der Waals surface area contributed by atoms with Crippen LogP contribution >= 0.6 is 11.9 Å². The van der Waals surface area contributed by atoms with Crippen LogP contribution in [0.3, 0.4) is 0 Å². The van der Waals surface area contributed by atoms with Crippen molar-refractivity contribution >= 4 is 28.7 Å². The average Bonchev–Trinajstić information content (AvgIpc) is 3.04. The molecule has 0 fully saturated rings. The van der Waals surface area contributed by atoms with Gasteiger partial charge in [-0.05, 0) is 69.7 Å². The lowest BCUT2D eigenvalue weighted by Crippen LogP contribution is -2.21. The maximum atomic E-state index is 13.7. The Morgan fingerprint density at radius 2 is 1.74 bits per heavy atom. The summed E-state index contributed by atoms with van der Waals surface area (Å²) >= 11 is 1.69. The smallest absolute Gasteiger partial charge is 0.247 e. The zero-order chi connectivity index (χ0) is 23.4. The molecule has 0 spiro atoms. The van der Waals surface area contributed by atoms with Gasteiger partial charge in [0.05, 0.1) is 11.0 Å². The summed E-state index contributed by atoms with van der Waals surface area (Å²) in [5, 5.41) is 0. The zero-order valence-electron chi connectivity index (χ0n) is 20.6. The summed E-state index contributed by atoms with van der Waals surface area (Å²) in [7, 11) is 0. The Morgan fingerprint density at radius 3 is 2.29 bits per heavy atom. The minimum absolute atomic E-state index is 0.0146. The van der Waals surface area contributed by atoms with Crippen LogP contribution in [0.1, 0.15) is 93.3 Å². The molecule has 1 heterocycles. The van der Waals surface area contributed by atoms with Gasteiger partial charge < -0.3 is 9.29 Å². The molecular weight excluding hydrogens is 412 g/mol. The number of imidazole rings is 1. The first kappa shape index (κ1) is 26.0. The van der Waals surface area contributed by atoms with E-state index in [-0.39, 0.29) is 23.0 Å². The highest BCUT2D eigenvalue weighted by Crippen LogP contribution is 2.32. The molecule has 0 amide bonds. The normalized spacial score (nSPS) is 14.3. The molecule has 0 saturated carbocycles. The van der Waals surface area contributed by atoms with Crippen molar-refractivity contribution in [1.82, 2.24) is 9.55 Å².